The molecular formula is C25H29N5O5. The monoisotopic (exact) mass is 479 g/mol. The van der Waals surface area contributed by atoms with Crippen LogP contribution in [0.25, 0.3) is 10.9 Å². The van der Waals surface area contributed by atoms with Gasteiger partial charge in [0, 0.05) is 29.9 Å². The van der Waals surface area contributed by atoms with Crippen molar-refractivity contribution in [3.63, 3.8) is 0 Å². The van der Waals surface area contributed by atoms with E-state index in [1.165, 1.54) is 6.92 Å². The molecule has 7 N–H and O–H groups in total. The Bertz CT molecular complexity index is 1190. The molecule has 10 nitrogen and oxygen atoms in total. The van der Waals surface area contributed by atoms with Gasteiger partial charge >= 0.3 is 5.97 Å². The Morgan fingerprint density at radius 3 is 2.20 bits per heavy atom. The number of nitrogens with two attached hydrogens (primary N) is 1. The molecule has 0 spiro atoms. The van der Waals surface area contributed by atoms with Crippen LogP contribution in [-0.4, -0.2) is 58.5 Å². The predicted octanol–water partition coefficient (Wildman–Crippen LogP) is 0.471. The number of hydrogen-bond acceptors (Lipinski definition) is 5. The molecule has 3 atom stereocenters. The van der Waals surface area contributed by atoms with Gasteiger partial charge in [-0.3, -0.25) is 19.2 Å². The highest BCUT2D eigenvalue weighted by atomic mass is 16.4. The van der Waals surface area contributed by atoms with Crippen LogP contribution in [0, 0.1) is 0 Å². The average molecular weight is 480 g/mol. The van der Waals surface area contributed by atoms with Crippen molar-refractivity contribution >= 4 is 34.6 Å². The zero-order chi connectivity index (χ0) is 25.4. The molecule has 3 rings (SSSR count). The molecule has 1 aromatic heterocycles. The van der Waals surface area contributed by atoms with Gasteiger partial charge in [-0.15, -0.1) is 0 Å². The van der Waals surface area contributed by atoms with Gasteiger partial charge < -0.3 is 31.8 Å². The van der Waals surface area contributed by atoms with Gasteiger partial charge in [-0.1, -0.05) is 48.5 Å². The topological polar surface area (TPSA) is 166 Å². The number of rotatable bonds is 11. The first-order valence-electron chi connectivity index (χ1n) is 11.2. The summed E-state index contributed by atoms with van der Waals surface area (Å²) in [7, 11) is 0. The summed E-state index contributed by atoms with van der Waals surface area (Å²) < 4.78 is 0. The third kappa shape index (κ3) is 7.15. The van der Waals surface area contributed by atoms with E-state index >= 15 is 0 Å². The standard InChI is InChI=1S/C25H29N5O5/c1-15(26)23(33)29-21(12-17-13-27-19-10-6-5-9-18(17)19)25(35)30-20(24(34)28-14-22(31)32)11-16-7-3-2-4-8-16/h2-10,13,15,20-21,27H,11-12,14,26H2,1H3,(H,28,34)(H,29,33)(H,30,35)(H,31,32). The summed E-state index contributed by atoms with van der Waals surface area (Å²) in [4.78, 5) is 52.5. The SMILES string of the molecule is CC(N)C(=O)NC(Cc1c[nH]c2ccccc12)C(=O)NC(Cc1ccccc1)C(=O)NCC(=O)O. The fraction of sp³-hybridized carbons (Fsp3) is 0.280. The van der Waals surface area contributed by atoms with Gasteiger partial charge in [-0.25, -0.2) is 0 Å². The fourth-order valence-corrected chi connectivity index (χ4v) is 3.65. The van der Waals surface area contributed by atoms with Gasteiger partial charge in [0.1, 0.15) is 18.6 Å². The van der Waals surface area contributed by atoms with Gasteiger partial charge in [0.2, 0.25) is 17.7 Å². The van der Waals surface area contributed by atoms with Crippen molar-refractivity contribution in [2.45, 2.75) is 37.9 Å². The lowest BCUT2D eigenvalue weighted by atomic mass is 10.0. The molecule has 0 bridgehead atoms. The maximum atomic E-state index is 13.3. The molecule has 0 aliphatic heterocycles. The van der Waals surface area contributed by atoms with Crippen molar-refractivity contribution in [1.82, 2.24) is 20.9 Å². The summed E-state index contributed by atoms with van der Waals surface area (Å²) in [5.74, 6) is -2.95. The molecule has 3 aromatic rings. The number of carbonyl (C=O) groups is 4. The normalized spacial score (nSPS) is 13.4. The van der Waals surface area contributed by atoms with Crippen molar-refractivity contribution in [1.29, 1.82) is 0 Å². The molecule has 0 radical (unpaired) electrons. The Morgan fingerprint density at radius 1 is 0.886 bits per heavy atom. The molecule has 0 saturated heterocycles. The zero-order valence-electron chi connectivity index (χ0n) is 19.3. The number of aromatic nitrogens is 1. The summed E-state index contributed by atoms with van der Waals surface area (Å²) in [5, 5.41) is 17.5. The minimum Gasteiger partial charge on any atom is -0.480 e. The molecule has 3 unspecified atom stereocenters. The van der Waals surface area contributed by atoms with E-state index in [0.29, 0.717) is 0 Å². The van der Waals surface area contributed by atoms with E-state index in [9.17, 15) is 19.2 Å². The maximum Gasteiger partial charge on any atom is 0.322 e. The molecule has 0 aliphatic carbocycles. The molecule has 1 heterocycles. The number of nitrogens with one attached hydrogen (secondary N) is 4. The number of aliphatic carboxylic acids is 1. The van der Waals surface area contributed by atoms with Gasteiger partial charge in [0.15, 0.2) is 0 Å². The van der Waals surface area contributed by atoms with Gasteiger partial charge in [-0.05, 0) is 24.1 Å². The van der Waals surface area contributed by atoms with Crippen LogP contribution < -0.4 is 21.7 Å². The van der Waals surface area contributed by atoms with Crippen molar-refractivity contribution in [2.24, 2.45) is 5.73 Å². The third-order valence-electron chi connectivity index (χ3n) is 5.47. The molecule has 0 saturated carbocycles. The van der Waals surface area contributed by atoms with Gasteiger partial charge in [-0.2, -0.15) is 0 Å². The summed E-state index contributed by atoms with van der Waals surface area (Å²) in [6.07, 6.45) is 2.06. The quantitative estimate of drug-likeness (QED) is 0.234. The number of para-hydroxylation sites is 1. The summed E-state index contributed by atoms with van der Waals surface area (Å²) in [6, 6.07) is 13.7. The molecular weight excluding hydrogens is 450 g/mol. The van der Waals surface area contributed by atoms with Crippen LogP contribution in [0.1, 0.15) is 18.1 Å². The number of H-pyrrole nitrogens is 1. The van der Waals surface area contributed by atoms with Crippen LogP contribution >= 0.6 is 0 Å². The Kier molecular flexibility index (Phi) is 8.58. The smallest absolute Gasteiger partial charge is 0.322 e. The van der Waals surface area contributed by atoms with E-state index in [0.717, 1.165) is 22.0 Å². The van der Waals surface area contributed by atoms with E-state index in [1.807, 2.05) is 30.3 Å². The van der Waals surface area contributed by atoms with E-state index in [-0.39, 0.29) is 12.8 Å². The van der Waals surface area contributed by atoms with E-state index < -0.39 is 48.4 Å². The number of aromatic amines is 1. The van der Waals surface area contributed by atoms with Crippen molar-refractivity contribution in [3.05, 3.63) is 71.9 Å². The average Bonchev–Trinajstić information content (AvgIpc) is 3.25. The van der Waals surface area contributed by atoms with Crippen LogP contribution in [0.4, 0.5) is 0 Å². The van der Waals surface area contributed by atoms with Crippen LogP contribution in [0.15, 0.2) is 60.8 Å². The summed E-state index contributed by atoms with van der Waals surface area (Å²) in [6.45, 7) is 0.924. The van der Waals surface area contributed by atoms with E-state index in [1.54, 1.807) is 30.5 Å². The number of carboxylic acid groups (broad SMARTS) is 1. The highest BCUT2D eigenvalue weighted by Gasteiger charge is 2.28. The highest BCUT2D eigenvalue weighted by molar-refractivity contribution is 5.94. The molecule has 184 valence electrons. The summed E-state index contributed by atoms with van der Waals surface area (Å²) >= 11 is 0. The lowest BCUT2D eigenvalue weighted by Gasteiger charge is -2.24. The lowest BCUT2D eigenvalue weighted by molar-refractivity contribution is -0.138. The number of carbonyl (C=O) groups excluding carboxylic acids is 3. The Hall–Kier alpha value is -4.18. The fourth-order valence-electron chi connectivity index (χ4n) is 3.65. The first-order valence-corrected chi connectivity index (χ1v) is 11.2. The first-order chi connectivity index (χ1) is 16.7. The van der Waals surface area contributed by atoms with Crippen molar-refractivity contribution in [2.75, 3.05) is 6.54 Å². The first kappa shape index (κ1) is 25.4. The van der Waals surface area contributed by atoms with Crippen LogP contribution in [-0.2, 0) is 32.0 Å². The number of carboxylic acids is 1. The number of fused-ring (bicyclic) bond motifs is 1. The molecule has 10 heteroatoms. The molecule has 2 aromatic carbocycles. The Balaban J connectivity index is 1.83. The van der Waals surface area contributed by atoms with Crippen LogP contribution in [0.2, 0.25) is 0 Å². The number of amides is 3. The van der Waals surface area contributed by atoms with Crippen molar-refractivity contribution in [3.8, 4) is 0 Å². The Labute approximate surface area is 202 Å². The molecule has 0 fully saturated rings. The second kappa shape index (κ2) is 11.8. The second-order valence-corrected chi connectivity index (χ2v) is 8.28. The maximum absolute atomic E-state index is 13.3. The van der Waals surface area contributed by atoms with Crippen LogP contribution in [0.3, 0.4) is 0 Å². The third-order valence-corrected chi connectivity index (χ3v) is 5.47. The summed E-state index contributed by atoms with van der Waals surface area (Å²) in [5.41, 5.74) is 8.16. The van der Waals surface area contributed by atoms with Gasteiger partial charge in [0.25, 0.3) is 0 Å². The zero-order valence-corrected chi connectivity index (χ0v) is 19.3. The predicted molar refractivity (Wildman–Crippen MR) is 130 cm³/mol. The molecule has 3 amide bonds. The van der Waals surface area contributed by atoms with E-state index in [4.69, 9.17) is 10.8 Å². The van der Waals surface area contributed by atoms with Crippen molar-refractivity contribution < 1.29 is 24.3 Å². The lowest BCUT2D eigenvalue weighted by Crippen LogP contribution is -2.56. The number of benzene rings is 2. The highest BCUT2D eigenvalue weighted by Crippen LogP contribution is 2.19. The second-order valence-electron chi connectivity index (χ2n) is 8.28. The number of hydrogen-bond donors (Lipinski definition) is 6. The largest absolute Gasteiger partial charge is 0.480 e. The van der Waals surface area contributed by atoms with Gasteiger partial charge in [0.05, 0.1) is 6.04 Å². The van der Waals surface area contributed by atoms with E-state index in [2.05, 4.69) is 20.9 Å². The molecule has 35 heavy (non-hydrogen) atoms. The minimum absolute atomic E-state index is 0.138. The Morgan fingerprint density at radius 2 is 1.51 bits per heavy atom. The minimum atomic E-state index is -1.20. The molecule has 0 aliphatic rings. The van der Waals surface area contributed by atoms with Crippen LogP contribution in [0.5, 0.6) is 0 Å².